The molecule has 2 aromatic carbocycles. The lowest BCUT2D eigenvalue weighted by Gasteiger charge is -2.10. The number of nitrogens with one attached hydrogen (secondary N) is 1. The first-order chi connectivity index (χ1) is 8.61. The van der Waals surface area contributed by atoms with Crippen LogP contribution in [-0.4, -0.2) is 19.1 Å². The van der Waals surface area contributed by atoms with Crippen molar-refractivity contribution in [1.29, 1.82) is 0 Å². The molecular formula is C14H17N2O2+. The minimum Gasteiger partial charge on any atom is -0.496 e. The number of carbonyl (C=O) groups excluding carboxylic acids is 1. The largest absolute Gasteiger partial charge is 0.496 e. The third kappa shape index (κ3) is 2.43. The number of fused-ring (bicyclic) bond motifs is 1. The normalized spacial score (nSPS) is 12.2. The molecule has 0 bridgehead atoms. The summed E-state index contributed by atoms with van der Waals surface area (Å²) in [6, 6.07) is 11.4. The Labute approximate surface area is 106 Å². The number of methoxy groups -OCH3 is 1. The first-order valence-corrected chi connectivity index (χ1v) is 5.82. The average molecular weight is 245 g/mol. The summed E-state index contributed by atoms with van der Waals surface area (Å²) < 4.78 is 5.34. The van der Waals surface area contributed by atoms with Gasteiger partial charge in [-0.15, -0.1) is 0 Å². The third-order valence-corrected chi connectivity index (χ3v) is 2.76. The summed E-state index contributed by atoms with van der Waals surface area (Å²) >= 11 is 0. The predicted octanol–water partition coefficient (Wildman–Crippen LogP) is 1.42. The summed E-state index contributed by atoms with van der Waals surface area (Å²) in [5.74, 6) is 0.646. The highest BCUT2D eigenvalue weighted by Crippen LogP contribution is 2.29. The molecule has 0 aliphatic rings. The number of carbonyl (C=O) groups is 1. The van der Waals surface area contributed by atoms with Crippen LogP contribution in [0.2, 0.25) is 0 Å². The van der Waals surface area contributed by atoms with Crippen LogP contribution in [0.25, 0.3) is 10.8 Å². The van der Waals surface area contributed by atoms with Crippen molar-refractivity contribution in [3.05, 3.63) is 36.4 Å². The molecule has 0 unspecified atom stereocenters. The number of anilines is 1. The molecule has 0 heterocycles. The minimum absolute atomic E-state index is 0.104. The van der Waals surface area contributed by atoms with E-state index in [4.69, 9.17) is 4.74 Å². The van der Waals surface area contributed by atoms with E-state index in [-0.39, 0.29) is 11.9 Å². The number of amides is 1. The predicted molar refractivity (Wildman–Crippen MR) is 71.5 cm³/mol. The van der Waals surface area contributed by atoms with Gasteiger partial charge in [-0.2, -0.15) is 0 Å². The van der Waals surface area contributed by atoms with Gasteiger partial charge in [-0.1, -0.05) is 24.3 Å². The van der Waals surface area contributed by atoms with E-state index in [1.165, 1.54) is 0 Å². The SMILES string of the molecule is COc1cc(NC(=O)[C@@H](C)[NH3+])cc2ccccc12. The summed E-state index contributed by atoms with van der Waals surface area (Å²) in [4.78, 5) is 11.6. The highest BCUT2D eigenvalue weighted by Gasteiger charge is 2.12. The molecule has 0 radical (unpaired) electrons. The monoisotopic (exact) mass is 245 g/mol. The average Bonchev–Trinajstić information content (AvgIpc) is 2.37. The lowest BCUT2D eigenvalue weighted by Crippen LogP contribution is -2.64. The van der Waals surface area contributed by atoms with Crippen molar-refractivity contribution in [1.82, 2.24) is 0 Å². The highest BCUT2D eigenvalue weighted by atomic mass is 16.5. The van der Waals surface area contributed by atoms with E-state index in [0.29, 0.717) is 0 Å². The van der Waals surface area contributed by atoms with Crippen LogP contribution < -0.4 is 15.8 Å². The Bertz CT molecular complexity index is 579. The Morgan fingerprint density at radius 3 is 2.72 bits per heavy atom. The molecule has 94 valence electrons. The van der Waals surface area contributed by atoms with Crippen molar-refractivity contribution in [2.45, 2.75) is 13.0 Å². The summed E-state index contributed by atoms with van der Waals surface area (Å²) in [5.41, 5.74) is 4.42. The number of ether oxygens (including phenoxy) is 1. The molecule has 2 aromatic rings. The molecule has 4 N–H and O–H groups in total. The van der Waals surface area contributed by atoms with E-state index >= 15 is 0 Å². The van der Waals surface area contributed by atoms with Gasteiger partial charge >= 0.3 is 0 Å². The molecule has 0 fully saturated rings. The molecule has 4 nitrogen and oxygen atoms in total. The van der Waals surface area contributed by atoms with Gasteiger partial charge in [-0.3, -0.25) is 4.79 Å². The van der Waals surface area contributed by atoms with Crippen LogP contribution in [0.15, 0.2) is 36.4 Å². The van der Waals surface area contributed by atoms with Crippen LogP contribution in [0.5, 0.6) is 5.75 Å². The van der Waals surface area contributed by atoms with Crippen molar-refractivity contribution in [2.24, 2.45) is 0 Å². The van der Waals surface area contributed by atoms with Crippen LogP contribution in [0.3, 0.4) is 0 Å². The van der Waals surface area contributed by atoms with Crippen LogP contribution in [0.1, 0.15) is 6.92 Å². The van der Waals surface area contributed by atoms with E-state index in [1.54, 1.807) is 14.0 Å². The topological polar surface area (TPSA) is 66.0 Å². The zero-order valence-corrected chi connectivity index (χ0v) is 10.6. The first-order valence-electron chi connectivity index (χ1n) is 5.82. The molecule has 1 atom stereocenters. The second-order valence-corrected chi connectivity index (χ2v) is 4.29. The van der Waals surface area contributed by atoms with Crippen molar-refractivity contribution in [3.8, 4) is 5.75 Å². The second kappa shape index (κ2) is 5.06. The van der Waals surface area contributed by atoms with Crippen molar-refractivity contribution < 1.29 is 15.3 Å². The Balaban J connectivity index is 2.44. The molecular weight excluding hydrogens is 228 g/mol. The fourth-order valence-electron chi connectivity index (χ4n) is 1.78. The van der Waals surface area contributed by atoms with Gasteiger partial charge in [0.25, 0.3) is 5.91 Å². The van der Waals surface area contributed by atoms with E-state index in [1.807, 2.05) is 36.4 Å². The number of hydrogen-bond donors (Lipinski definition) is 2. The fourth-order valence-corrected chi connectivity index (χ4v) is 1.78. The standard InChI is InChI=1S/C14H16N2O2/c1-9(15)14(17)16-11-7-10-5-3-4-6-12(10)13(8-11)18-2/h3-9H,15H2,1-2H3,(H,16,17)/p+1/t9-/m1/s1. The first kappa shape index (κ1) is 12.4. The molecule has 0 spiro atoms. The molecule has 0 aliphatic heterocycles. The van der Waals surface area contributed by atoms with Crippen LogP contribution in [-0.2, 0) is 4.79 Å². The fraction of sp³-hybridized carbons (Fsp3) is 0.214. The molecule has 18 heavy (non-hydrogen) atoms. The van der Waals surface area contributed by atoms with Crippen LogP contribution >= 0.6 is 0 Å². The van der Waals surface area contributed by atoms with Crippen molar-refractivity contribution in [3.63, 3.8) is 0 Å². The van der Waals surface area contributed by atoms with E-state index in [9.17, 15) is 4.79 Å². The quantitative estimate of drug-likeness (QED) is 0.858. The summed E-state index contributed by atoms with van der Waals surface area (Å²) in [6.07, 6.45) is 0. The van der Waals surface area contributed by atoms with Gasteiger partial charge < -0.3 is 15.8 Å². The van der Waals surface area contributed by atoms with Gasteiger partial charge in [-0.05, 0) is 18.4 Å². The smallest absolute Gasteiger partial charge is 0.282 e. The Morgan fingerprint density at radius 1 is 1.33 bits per heavy atom. The third-order valence-electron chi connectivity index (χ3n) is 2.76. The van der Waals surface area contributed by atoms with Gasteiger partial charge in [-0.25, -0.2) is 0 Å². The zero-order chi connectivity index (χ0) is 13.1. The molecule has 0 aromatic heterocycles. The van der Waals surface area contributed by atoms with E-state index in [2.05, 4.69) is 11.1 Å². The maximum absolute atomic E-state index is 11.6. The zero-order valence-electron chi connectivity index (χ0n) is 10.6. The van der Waals surface area contributed by atoms with Crippen LogP contribution in [0.4, 0.5) is 5.69 Å². The van der Waals surface area contributed by atoms with Gasteiger partial charge in [0.2, 0.25) is 0 Å². The summed E-state index contributed by atoms with van der Waals surface area (Å²) in [7, 11) is 1.62. The Hall–Kier alpha value is -2.07. The second-order valence-electron chi connectivity index (χ2n) is 4.29. The summed E-state index contributed by atoms with van der Waals surface area (Å²) in [5, 5.41) is 4.89. The van der Waals surface area contributed by atoms with Crippen LogP contribution in [0, 0.1) is 0 Å². The van der Waals surface area contributed by atoms with Gasteiger partial charge in [0.1, 0.15) is 5.75 Å². The number of benzene rings is 2. The van der Waals surface area contributed by atoms with E-state index < -0.39 is 0 Å². The number of rotatable bonds is 3. The number of quaternary nitrogens is 1. The Morgan fingerprint density at radius 2 is 2.06 bits per heavy atom. The number of hydrogen-bond acceptors (Lipinski definition) is 2. The lowest BCUT2D eigenvalue weighted by atomic mass is 10.1. The maximum Gasteiger partial charge on any atom is 0.282 e. The summed E-state index contributed by atoms with van der Waals surface area (Å²) in [6.45, 7) is 1.76. The molecule has 0 saturated heterocycles. The minimum atomic E-state index is -0.289. The molecule has 4 heteroatoms. The van der Waals surface area contributed by atoms with Crippen molar-refractivity contribution in [2.75, 3.05) is 12.4 Å². The molecule has 0 saturated carbocycles. The van der Waals surface area contributed by atoms with Gasteiger partial charge in [0, 0.05) is 17.1 Å². The molecule has 0 aliphatic carbocycles. The lowest BCUT2D eigenvalue weighted by molar-refractivity contribution is -0.396. The molecule has 2 rings (SSSR count). The van der Waals surface area contributed by atoms with Crippen molar-refractivity contribution >= 4 is 22.4 Å². The molecule has 1 amide bonds. The van der Waals surface area contributed by atoms with Gasteiger partial charge in [0.05, 0.1) is 7.11 Å². The van der Waals surface area contributed by atoms with Gasteiger partial charge in [0.15, 0.2) is 6.04 Å². The van der Waals surface area contributed by atoms with E-state index in [0.717, 1.165) is 22.2 Å². The maximum atomic E-state index is 11.6. The Kier molecular flexibility index (Phi) is 3.48. The highest BCUT2D eigenvalue weighted by molar-refractivity contribution is 5.98.